The quantitative estimate of drug-likeness (QED) is 0.381. The van der Waals surface area contributed by atoms with Gasteiger partial charge in [0.05, 0.1) is 24.9 Å². The van der Waals surface area contributed by atoms with Crippen molar-refractivity contribution >= 4 is 46.0 Å². The van der Waals surface area contributed by atoms with E-state index >= 15 is 0 Å². The van der Waals surface area contributed by atoms with E-state index < -0.39 is 68.9 Å². The van der Waals surface area contributed by atoms with Crippen molar-refractivity contribution in [2.24, 2.45) is 11.8 Å². The molecule has 0 radical (unpaired) electrons. The summed E-state index contributed by atoms with van der Waals surface area (Å²) in [7, 11) is -3.86. The lowest BCUT2D eigenvalue weighted by Crippen LogP contribution is -2.59. The molecule has 1 aromatic rings. The summed E-state index contributed by atoms with van der Waals surface area (Å²) in [5, 5.41) is 5.01. The summed E-state index contributed by atoms with van der Waals surface area (Å²) in [5.74, 6) is -2.38. The van der Waals surface area contributed by atoms with Gasteiger partial charge in [-0.3, -0.25) is 24.0 Å². The van der Waals surface area contributed by atoms with E-state index in [1.54, 1.807) is 4.90 Å². The zero-order valence-corrected chi connectivity index (χ0v) is 29.8. The van der Waals surface area contributed by atoms with Gasteiger partial charge in [-0.25, -0.2) is 18.0 Å². The van der Waals surface area contributed by atoms with Crippen LogP contribution in [0.25, 0.3) is 6.08 Å². The number of allylic oxidation sites excluding steroid dienone is 1. The molecule has 0 spiro atoms. The van der Waals surface area contributed by atoms with E-state index in [-0.39, 0.29) is 37.8 Å². The van der Waals surface area contributed by atoms with Crippen LogP contribution in [0.3, 0.4) is 0 Å². The monoisotopic (exact) mass is 725 g/mol. The van der Waals surface area contributed by atoms with Gasteiger partial charge in [-0.15, -0.1) is 0 Å². The van der Waals surface area contributed by atoms with Crippen molar-refractivity contribution in [3.63, 3.8) is 0 Å². The molecular weight excluding hydrogens is 678 g/mol. The van der Waals surface area contributed by atoms with Crippen LogP contribution in [0.15, 0.2) is 24.3 Å². The van der Waals surface area contributed by atoms with Gasteiger partial charge in [0.25, 0.3) is 5.91 Å². The molecule has 3 saturated carbocycles. The third kappa shape index (κ3) is 7.31. The Morgan fingerprint density at radius 1 is 1.06 bits per heavy atom. The first kappa shape index (κ1) is 35.3. The standard InChI is InChI=1S/C36H47N5O9S/c1-2-25-18-36(25,33(44)39-51(47,48)27-14-15-27)38-31(42)29-17-26-20-41(29)32(43)30(23-10-5-6-11-23)37-34(45)49-16-7-3-4-9-22-12-8-13-24-19-40(21-28(22)24)35(46)50-26/h4,8-9,12-13,23,25-27,29-30H,2-3,5-7,10-11,14-21H2,1H3,(H,37,45)(H,38,42)(H,39,44)/t25-,26-,29+,30+,36-/m1/s1. The highest BCUT2D eigenvalue weighted by molar-refractivity contribution is 7.91. The number of hydrogen-bond acceptors (Lipinski definition) is 9. The molecule has 6 aliphatic rings. The largest absolute Gasteiger partial charge is 0.450 e. The molecule has 0 unspecified atom stereocenters. The smallest absolute Gasteiger partial charge is 0.410 e. The first-order valence-electron chi connectivity index (χ1n) is 18.3. The van der Waals surface area contributed by atoms with Crippen LogP contribution in [0.4, 0.5) is 9.59 Å². The summed E-state index contributed by atoms with van der Waals surface area (Å²) in [6.07, 6.45) is 8.01. The van der Waals surface area contributed by atoms with Crippen LogP contribution in [0.1, 0.15) is 94.2 Å². The Morgan fingerprint density at radius 3 is 2.57 bits per heavy atom. The number of ether oxygens (including phenoxy) is 2. The lowest BCUT2D eigenvalue weighted by Gasteiger charge is -2.32. The minimum Gasteiger partial charge on any atom is -0.450 e. The molecule has 0 aromatic heterocycles. The van der Waals surface area contributed by atoms with E-state index in [2.05, 4.69) is 15.4 Å². The number of nitrogens with zero attached hydrogens (tertiary/aromatic N) is 2. The Balaban J connectivity index is 1.15. The highest BCUT2D eigenvalue weighted by Gasteiger charge is 2.62. The van der Waals surface area contributed by atoms with Crippen LogP contribution >= 0.6 is 0 Å². The van der Waals surface area contributed by atoms with Gasteiger partial charge < -0.3 is 25.0 Å². The first-order chi connectivity index (χ1) is 24.5. The van der Waals surface area contributed by atoms with Crippen molar-refractivity contribution in [1.29, 1.82) is 0 Å². The molecule has 3 aliphatic heterocycles. The Bertz CT molecular complexity index is 1720. The van der Waals surface area contributed by atoms with Crippen molar-refractivity contribution in [1.82, 2.24) is 25.2 Å². The number of amides is 5. The van der Waals surface area contributed by atoms with Gasteiger partial charge in [0.15, 0.2) is 0 Å². The normalized spacial score (nSPS) is 30.1. The molecule has 5 atom stereocenters. The second kappa shape index (κ2) is 14.1. The third-order valence-electron chi connectivity index (χ3n) is 11.4. The maximum absolute atomic E-state index is 14.5. The highest BCUT2D eigenvalue weighted by Crippen LogP contribution is 2.47. The average Bonchev–Trinajstić information content (AvgIpc) is 3.88. The fourth-order valence-electron chi connectivity index (χ4n) is 8.22. The lowest BCUT2D eigenvalue weighted by molar-refractivity contribution is -0.142. The number of alkyl carbamates (subject to hydrolysis) is 1. The van der Waals surface area contributed by atoms with Crippen LogP contribution in [-0.4, -0.2) is 90.3 Å². The van der Waals surface area contributed by atoms with E-state index in [1.807, 2.05) is 37.3 Å². The van der Waals surface area contributed by atoms with Crippen molar-refractivity contribution in [3.05, 3.63) is 41.0 Å². The Kier molecular flexibility index (Phi) is 9.76. The molecule has 7 rings (SSSR count). The van der Waals surface area contributed by atoms with Crippen molar-refractivity contribution in [2.75, 3.05) is 13.2 Å². The van der Waals surface area contributed by atoms with Gasteiger partial charge in [-0.2, -0.15) is 0 Å². The molecule has 4 bridgehead atoms. The molecule has 15 heteroatoms. The highest BCUT2D eigenvalue weighted by atomic mass is 32.2. The first-order valence-corrected chi connectivity index (χ1v) is 19.9. The van der Waals surface area contributed by atoms with Crippen LogP contribution in [-0.2, 0) is 47.0 Å². The van der Waals surface area contributed by atoms with Crippen molar-refractivity contribution < 1.29 is 41.9 Å². The van der Waals surface area contributed by atoms with Gasteiger partial charge in [-0.1, -0.05) is 56.5 Å². The van der Waals surface area contributed by atoms with Gasteiger partial charge in [0.2, 0.25) is 21.8 Å². The van der Waals surface area contributed by atoms with Gasteiger partial charge >= 0.3 is 12.2 Å². The number of rotatable bonds is 7. The van der Waals surface area contributed by atoms with E-state index in [4.69, 9.17) is 9.47 Å². The molecule has 4 fully saturated rings. The fraction of sp³-hybridized carbons (Fsp3) is 0.639. The predicted octanol–water partition coefficient (Wildman–Crippen LogP) is 3.09. The summed E-state index contributed by atoms with van der Waals surface area (Å²) >= 11 is 0. The number of nitrogens with one attached hydrogen (secondary N) is 3. The van der Waals surface area contributed by atoms with Crippen molar-refractivity contribution in [3.8, 4) is 0 Å². The van der Waals surface area contributed by atoms with E-state index in [0.717, 1.165) is 29.5 Å². The predicted molar refractivity (Wildman–Crippen MR) is 184 cm³/mol. The average molecular weight is 726 g/mol. The van der Waals surface area contributed by atoms with Crippen LogP contribution < -0.4 is 15.4 Å². The van der Waals surface area contributed by atoms with Crippen molar-refractivity contribution in [2.45, 2.75) is 120 Å². The molecule has 3 aliphatic carbocycles. The van der Waals surface area contributed by atoms with E-state index in [9.17, 15) is 32.4 Å². The number of cyclic esters (lactones) is 1. The summed E-state index contributed by atoms with van der Waals surface area (Å²) < 4.78 is 39.0. The molecule has 1 aromatic carbocycles. The minimum atomic E-state index is -3.86. The second-order valence-electron chi connectivity index (χ2n) is 14.9. The molecule has 5 amide bonds. The fourth-order valence-corrected chi connectivity index (χ4v) is 9.58. The summed E-state index contributed by atoms with van der Waals surface area (Å²) in [6, 6.07) is 3.79. The molecule has 3 heterocycles. The Morgan fingerprint density at radius 2 is 1.84 bits per heavy atom. The van der Waals surface area contributed by atoms with Crippen LogP contribution in [0.5, 0.6) is 0 Å². The minimum absolute atomic E-state index is 0.0330. The third-order valence-corrected chi connectivity index (χ3v) is 13.2. The van der Waals surface area contributed by atoms with E-state index in [1.165, 1.54) is 4.90 Å². The molecule has 14 nitrogen and oxygen atoms in total. The number of hydrogen-bond donors (Lipinski definition) is 3. The molecule has 3 N–H and O–H groups in total. The molecule has 51 heavy (non-hydrogen) atoms. The van der Waals surface area contributed by atoms with E-state index in [0.29, 0.717) is 58.0 Å². The molecular formula is C36H47N5O9S. The summed E-state index contributed by atoms with van der Waals surface area (Å²) in [6.45, 7) is 2.62. The number of carbonyl (C=O) groups excluding carboxylic acids is 5. The number of benzene rings is 1. The maximum Gasteiger partial charge on any atom is 0.410 e. The zero-order valence-electron chi connectivity index (χ0n) is 28.9. The SMILES string of the molecule is CC[C@@H]1C[C@]1(NC(=O)[C@@H]1C[C@@H]2CN1C(=O)[C@H](C1CCCC1)NC(=O)OCCCC=Cc1cccc3c1CN(C3)C(=O)O2)C(=O)NS(=O)(=O)C1CC1. The summed E-state index contributed by atoms with van der Waals surface area (Å²) in [4.78, 5) is 71.7. The number of fused-ring (bicyclic) bond motifs is 3. The summed E-state index contributed by atoms with van der Waals surface area (Å²) in [5.41, 5.74) is 1.57. The zero-order chi connectivity index (χ0) is 35.9. The lowest BCUT2D eigenvalue weighted by atomic mass is 9.96. The van der Waals surface area contributed by atoms with Crippen LogP contribution in [0, 0.1) is 11.8 Å². The van der Waals surface area contributed by atoms with Gasteiger partial charge in [0, 0.05) is 13.0 Å². The Labute approximate surface area is 298 Å². The Hall–Kier alpha value is -4.14. The number of sulfonamides is 1. The molecule has 1 saturated heterocycles. The topological polar surface area (TPSA) is 181 Å². The van der Waals surface area contributed by atoms with Crippen LogP contribution in [0.2, 0.25) is 0 Å². The van der Waals surface area contributed by atoms with Gasteiger partial charge in [0.1, 0.15) is 23.7 Å². The second-order valence-corrected chi connectivity index (χ2v) is 16.8. The number of carbonyl (C=O) groups is 5. The van der Waals surface area contributed by atoms with Gasteiger partial charge in [-0.05, 0) is 73.5 Å². The maximum atomic E-state index is 14.5. The molecule has 276 valence electrons.